The molecule has 2 saturated heterocycles. The van der Waals surface area contributed by atoms with Crippen LogP contribution >= 0.6 is 0 Å². The number of benzene rings is 1. The fourth-order valence-corrected chi connectivity index (χ4v) is 4.74. The van der Waals surface area contributed by atoms with Crippen LogP contribution in [0.15, 0.2) is 47.8 Å². The van der Waals surface area contributed by atoms with E-state index < -0.39 is 11.0 Å². The molecular weight excluding hydrogens is 438 g/mol. The van der Waals surface area contributed by atoms with Crippen LogP contribution < -0.4 is 10.0 Å². The van der Waals surface area contributed by atoms with E-state index in [2.05, 4.69) is 24.7 Å². The Morgan fingerprint density at radius 3 is 2.39 bits per heavy atom. The molecule has 0 bridgehead atoms. The Morgan fingerprint density at radius 2 is 1.64 bits per heavy atom. The van der Waals surface area contributed by atoms with Gasteiger partial charge in [0, 0.05) is 70.3 Å². The number of hydrogen-bond acceptors (Lipinski definition) is 8. The molecule has 2 aromatic heterocycles. The first kappa shape index (κ1) is 22.3. The van der Waals surface area contributed by atoms with E-state index in [4.69, 9.17) is 14.9 Å². The number of pyridine rings is 1. The second-order valence-electron chi connectivity index (χ2n) is 8.42. The zero-order valence-corrected chi connectivity index (χ0v) is 19.4. The minimum absolute atomic E-state index is 0.499. The van der Waals surface area contributed by atoms with Crippen LogP contribution in [-0.2, 0) is 15.7 Å². The Balaban J connectivity index is 1.25. The maximum absolute atomic E-state index is 11.6. The lowest BCUT2D eigenvalue weighted by Gasteiger charge is -2.36. The lowest BCUT2D eigenvalue weighted by Crippen LogP contribution is -2.49. The smallest absolute Gasteiger partial charge is 0.147 e. The number of anilines is 1. The van der Waals surface area contributed by atoms with Gasteiger partial charge in [-0.15, -0.1) is 0 Å². The van der Waals surface area contributed by atoms with Crippen molar-refractivity contribution in [3.05, 3.63) is 42.9 Å². The van der Waals surface area contributed by atoms with E-state index in [1.807, 2.05) is 24.4 Å². The maximum Gasteiger partial charge on any atom is 0.147 e. The SMILES string of the molecule is NS(=O)c1cncc(-c2ccc3ncc(N4CCN(CCN5CCOCC5)CC4)nc3c2)c1. The largest absolute Gasteiger partial charge is 0.379 e. The standard InChI is InChI=1S/C23H29N7O2S/c24-33(31)20-13-19(15-25-16-20)18-1-2-21-22(14-18)27-23(17-26-21)30-7-5-28(6-8-30)3-4-29-9-11-32-12-10-29/h1-2,13-17H,3-12,24H2. The summed E-state index contributed by atoms with van der Waals surface area (Å²) in [6.45, 7) is 9.93. The highest BCUT2D eigenvalue weighted by Gasteiger charge is 2.20. The predicted octanol–water partition coefficient (Wildman–Crippen LogP) is 1.13. The highest BCUT2D eigenvalue weighted by Crippen LogP contribution is 2.25. The summed E-state index contributed by atoms with van der Waals surface area (Å²) >= 11 is 0. The van der Waals surface area contributed by atoms with Crippen molar-refractivity contribution >= 4 is 27.8 Å². The summed E-state index contributed by atoms with van der Waals surface area (Å²) in [6, 6.07) is 7.74. The molecule has 1 aromatic carbocycles. The number of nitrogens with two attached hydrogens (primary N) is 1. The fraction of sp³-hybridized carbons (Fsp3) is 0.435. The Hall–Kier alpha value is -2.50. The van der Waals surface area contributed by atoms with Crippen LogP contribution in [0.25, 0.3) is 22.2 Å². The molecule has 2 N–H and O–H groups in total. The molecule has 10 heteroatoms. The van der Waals surface area contributed by atoms with Gasteiger partial charge in [0.25, 0.3) is 0 Å². The molecule has 2 aliphatic heterocycles. The van der Waals surface area contributed by atoms with E-state index >= 15 is 0 Å². The van der Waals surface area contributed by atoms with E-state index in [9.17, 15) is 4.21 Å². The minimum atomic E-state index is -1.56. The van der Waals surface area contributed by atoms with Crippen molar-refractivity contribution in [1.82, 2.24) is 24.8 Å². The van der Waals surface area contributed by atoms with Gasteiger partial charge in [-0.05, 0) is 23.8 Å². The minimum Gasteiger partial charge on any atom is -0.379 e. The normalized spacial score (nSPS) is 19.1. The fourth-order valence-electron chi connectivity index (χ4n) is 4.33. The molecule has 5 rings (SSSR count). The quantitative estimate of drug-likeness (QED) is 0.576. The van der Waals surface area contributed by atoms with E-state index in [0.29, 0.717) is 4.90 Å². The number of piperazine rings is 1. The summed E-state index contributed by atoms with van der Waals surface area (Å²) in [7, 11) is -1.56. The number of hydrogen-bond donors (Lipinski definition) is 1. The van der Waals surface area contributed by atoms with Crippen LogP contribution in [0.3, 0.4) is 0 Å². The molecule has 2 fully saturated rings. The van der Waals surface area contributed by atoms with Crippen LogP contribution in [0.2, 0.25) is 0 Å². The second-order valence-corrected chi connectivity index (χ2v) is 9.49. The van der Waals surface area contributed by atoms with Crippen molar-refractivity contribution in [2.24, 2.45) is 5.14 Å². The van der Waals surface area contributed by atoms with Crippen molar-refractivity contribution in [3.63, 3.8) is 0 Å². The van der Waals surface area contributed by atoms with Crippen molar-refractivity contribution in [3.8, 4) is 11.1 Å². The Bertz CT molecular complexity index is 1130. The van der Waals surface area contributed by atoms with E-state index in [0.717, 1.165) is 93.5 Å². The highest BCUT2D eigenvalue weighted by molar-refractivity contribution is 7.82. The van der Waals surface area contributed by atoms with Gasteiger partial charge in [-0.3, -0.25) is 19.8 Å². The van der Waals surface area contributed by atoms with Crippen molar-refractivity contribution < 1.29 is 8.95 Å². The van der Waals surface area contributed by atoms with Gasteiger partial charge in [-0.1, -0.05) is 6.07 Å². The second kappa shape index (κ2) is 10.2. The molecular formula is C23H29N7O2S. The van der Waals surface area contributed by atoms with Gasteiger partial charge in [0.05, 0.1) is 35.3 Å². The molecule has 1 unspecified atom stereocenters. The maximum atomic E-state index is 11.6. The summed E-state index contributed by atoms with van der Waals surface area (Å²) in [5.41, 5.74) is 3.48. The number of fused-ring (bicyclic) bond motifs is 1. The van der Waals surface area contributed by atoms with Crippen molar-refractivity contribution in [2.45, 2.75) is 4.90 Å². The molecule has 4 heterocycles. The molecule has 1 atom stereocenters. The molecule has 0 amide bonds. The van der Waals surface area contributed by atoms with E-state index in [-0.39, 0.29) is 0 Å². The zero-order chi connectivity index (χ0) is 22.6. The molecule has 0 aliphatic carbocycles. The summed E-state index contributed by atoms with van der Waals surface area (Å²) in [4.78, 5) is 21.5. The number of nitrogens with zero attached hydrogens (tertiary/aromatic N) is 6. The van der Waals surface area contributed by atoms with Crippen LogP contribution in [0, 0.1) is 0 Å². The first-order chi connectivity index (χ1) is 16.2. The van der Waals surface area contributed by atoms with Gasteiger partial charge in [-0.2, -0.15) is 0 Å². The number of aromatic nitrogens is 3. The molecule has 33 heavy (non-hydrogen) atoms. The number of ether oxygens (including phenoxy) is 1. The lowest BCUT2D eigenvalue weighted by molar-refractivity contribution is 0.0331. The third-order valence-electron chi connectivity index (χ3n) is 6.34. The molecule has 0 radical (unpaired) electrons. The summed E-state index contributed by atoms with van der Waals surface area (Å²) < 4.78 is 17.1. The summed E-state index contributed by atoms with van der Waals surface area (Å²) in [6.07, 6.45) is 5.13. The molecule has 2 aliphatic rings. The topological polar surface area (TPSA) is 101 Å². The average Bonchev–Trinajstić information content (AvgIpc) is 2.88. The third kappa shape index (κ3) is 5.36. The van der Waals surface area contributed by atoms with Crippen molar-refractivity contribution in [2.75, 3.05) is 70.5 Å². The van der Waals surface area contributed by atoms with Crippen LogP contribution in [0.4, 0.5) is 5.82 Å². The van der Waals surface area contributed by atoms with Crippen molar-refractivity contribution in [1.29, 1.82) is 0 Å². The van der Waals surface area contributed by atoms with Gasteiger partial charge in [0.2, 0.25) is 0 Å². The van der Waals surface area contributed by atoms with Gasteiger partial charge in [-0.25, -0.2) is 14.3 Å². The van der Waals surface area contributed by atoms with Crippen LogP contribution in [0.5, 0.6) is 0 Å². The first-order valence-electron chi connectivity index (χ1n) is 11.3. The van der Waals surface area contributed by atoms with Crippen LogP contribution in [0.1, 0.15) is 0 Å². The lowest BCUT2D eigenvalue weighted by atomic mass is 10.1. The van der Waals surface area contributed by atoms with E-state index in [1.165, 1.54) is 6.20 Å². The molecule has 174 valence electrons. The summed E-state index contributed by atoms with van der Waals surface area (Å²) in [5, 5.41) is 5.51. The van der Waals surface area contributed by atoms with Gasteiger partial charge in [0.15, 0.2) is 0 Å². The Labute approximate surface area is 196 Å². The van der Waals surface area contributed by atoms with Gasteiger partial charge < -0.3 is 9.64 Å². The molecule has 0 saturated carbocycles. The van der Waals surface area contributed by atoms with Crippen LogP contribution in [-0.4, -0.2) is 94.5 Å². The predicted molar refractivity (Wildman–Crippen MR) is 129 cm³/mol. The highest BCUT2D eigenvalue weighted by atomic mass is 32.2. The molecule has 3 aromatic rings. The number of rotatable bonds is 6. The number of morpholine rings is 1. The average molecular weight is 468 g/mol. The Morgan fingerprint density at radius 1 is 0.879 bits per heavy atom. The summed E-state index contributed by atoms with van der Waals surface area (Å²) in [5.74, 6) is 0.905. The van der Waals surface area contributed by atoms with E-state index in [1.54, 1.807) is 12.3 Å². The zero-order valence-electron chi connectivity index (χ0n) is 18.6. The third-order valence-corrected chi connectivity index (χ3v) is 7.03. The molecule has 9 nitrogen and oxygen atoms in total. The molecule has 0 spiro atoms. The Kier molecular flexibility index (Phi) is 6.88. The van der Waals surface area contributed by atoms with Gasteiger partial charge >= 0.3 is 0 Å². The monoisotopic (exact) mass is 467 g/mol. The first-order valence-corrected chi connectivity index (χ1v) is 12.5. The van der Waals surface area contributed by atoms with Gasteiger partial charge in [0.1, 0.15) is 16.8 Å².